The van der Waals surface area contributed by atoms with E-state index in [1.165, 1.54) is 4.68 Å². The molecule has 6 heteroatoms. The molecule has 2 rings (SSSR count). The lowest BCUT2D eigenvalue weighted by Crippen LogP contribution is -2.42. The Morgan fingerprint density at radius 2 is 2.40 bits per heavy atom. The van der Waals surface area contributed by atoms with Crippen LogP contribution in [-0.4, -0.2) is 40.4 Å². The number of hydrogen-bond donors (Lipinski definition) is 1. The highest BCUT2D eigenvalue weighted by Gasteiger charge is 2.23. The standard InChI is InChI=1S/C14H21ClN4O/c1-4-6-19-14(20)13(15)12(9-16-19)17-11-5-7-18(3)10(2)8-11/h4,9-11,17H,1,5-8H2,2-3H3. The van der Waals surface area contributed by atoms with Gasteiger partial charge in [0.05, 0.1) is 18.4 Å². The smallest absolute Gasteiger partial charge is 0.287 e. The monoisotopic (exact) mass is 296 g/mol. The molecule has 1 saturated heterocycles. The first kappa shape index (κ1) is 15.1. The van der Waals surface area contributed by atoms with Gasteiger partial charge >= 0.3 is 0 Å². The van der Waals surface area contributed by atoms with E-state index in [0.717, 1.165) is 19.4 Å². The van der Waals surface area contributed by atoms with Crippen molar-refractivity contribution in [3.05, 3.63) is 34.2 Å². The molecular weight excluding hydrogens is 276 g/mol. The molecule has 5 nitrogen and oxygen atoms in total. The third kappa shape index (κ3) is 3.22. The molecule has 20 heavy (non-hydrogen) atoms. The number of piperidine rings is 1. The van der Waals surface area contributed by atoms with Gasteiger partial charge < -0.3 is 10.2 Å². The number of likely N-dealkylation sites (tertiary alicyclic amines) is 1. The molecular formula is C14H21ClN4O. The van der Waals surface area contributed by atoms with Crippen LogP contribution in [0.5, 0.6) is 0 Å². The third-order valence-electron chi connectivity index (χ3n) is 3.85. The Hall–Kier alpha value is -1.33. The average Bonchev–Trinajstić information content (AvgIpc) is 2.42. The van der Waals surface area contributed by atoms with E-state index < -0.39 is 0 Å². The molecule has 1 aliphatic rings. The molecule has 1 N–H and O–H groups in total. The second-order valence-corrected chi connectivity index (χ2v) is 5.72. The van der Waals surface area contributed by atoms with Gasteiger partial charge in [0.2, 0.25) is 0 Å². The van der Waals surface area contributed by atoms with Gasteiger partial charge in [-0.2, -0.15) is 5.10 Å². The molecule has 2 atom stereocenters. The highest BCUT2D eigenvalue weighted by molar-refractivity contribution is 6.32. The molecule has 0 radical (unpaired) electrons. The van der Waals surface area contributed by atoms with E-state index in [9.17, 15) is 4.79 Å². The number of aromatic nitrogens is 2. The van der Waals surface area contributed by atoms with E-state index in [0.29, 0.717) is 24.3 Å². The first-order valence-corrected chi connectivity index (χ1v) is 7.24. The quantitative estimate of drug-likeness (QED) is 0.863. The van der Waals surface area contributed by atoms with Crippen LogP contribution >= 0.6 is 11.6 Å². The Labute approximate surface area is 124 Å². The van der Waals surface area contributed by atoms with Crippen molar-refractivity contribution in [2.45, 2.75) is 38.4 Å². The minimum Gasteiger partial charge on any atom is -0.380 e. The summed E-state index contributed by atoms with van der Waals surface area (Å²) in [4.78, 5) is 14.3. The summed E-state index contributed by atoms with van der Waals surface area (Å²) in [7, 11) is 2.13. The topological polar surface area (TPSA) is 50.2 Å². The summed E-state index contributed by atoms with van der Waals surface area (Å²) in [6, 6.07) is 0.851. The second kappa shape index (κ2) is 6.41. The molecule has 1 aliphatic heterocycles. The van der Waals surface area contributed by atoms with Crippen LogP contribution in [0.25, 0.3) is 0 Å². The van der Waals surface area contributed by atoms with Crippen LogP contribution in [0.1, 0.15) is 19.8 Å². The highest BCUT2D eigenvalue weighted by atomic mass is 35.5. The van der Waals surface area contributed by atoms with Gasteiger partial charge in [-0.15, -0.1) is 6.58 Å². The number of nitrogens with zero attached hydrogens (tertiary/aromatic N) is 3. The van der Waals surface area contributed by atoms with E-state index >= 15 is 0 Å². The van der Waals surface area contributed by atoms with Crippen LogP contribution in [0, 0.1) is 0 Å². The Bertz CT molecular complexity index is 542. The van der Waals surface area contributed by atoms with E-state index in [-0.39, 0.29) is 10.6 Å². The molecule has 2 heterocycles. The maximum absolute atomic E-state index is 12.0. The van der Waals surface area contributed by atoms with Crippen LogP contribution in [0.4, 0.5) is 5.69 Å². The molecule has 1 aromatic heterocycles. The molecule has 0 spiro atoms. The summed E-state index contributed by atoms with van der Waals surface area (Å²) < 4.78 is 1.30. The maximum Gasteiger partial charge on any atom is 0.287 e. The van der Waals surface area contributed by atoms with Crippen LogP contribution in [0.3, 0.4) is 0 Å². The lowest BCUT2D eigenvalue weighted by Gasteiger charge is -2.35. The first-order chi connectivity index (χ1) is 9.52. The zero-order chi connectivity index (χ0) is 14.7. The molecule has 0 bridgehead atoms. The second-order valence-electron chi connectivity index (χ2n) is 5.34. The zero-order valence-electron chi connectivity index (χ0n) is 12.0. The largest absolute Gasteiger partial charge is 0.380 e. The fraction of sp³-hybridized carbons (Fsp3) is 0.571. The summed E-state index contributed by atoms with van der Waals surface area (Å²) in [5.74, 6) is 0. The zero-order valence-corrected chi connectivity index (χ0v) is 12.7. The van der Waals surface area contributed by atoms with Gasteiger partial charge in [-0.25, -0.2) is 4.68 Å². The molecule has 0 aliphatic carbocycles. The van der Waals surface area contributed by atoms with Gasteiger partial charge in [0.1, 0.15) is 5.02 Å². The Morgan fingerprint density at radius 1 is 1.65 bits per heavy atom. The summed E-state index contributed by atoms with van der Waals surface area (Å²) in [5.41, 5.74) is 0.344. The van der Waals surface area contributed by atoms with Crippen LogP contribution < -0.4 is 10.9 Å². The Balaban J connectivity index is 2.12. The van der Waals surface area contributed by atoms with Gasteiger partial charge in [0.15, 0.2) is 0 Å². The van der Waals surface area contributed by atoms with Crippen LogP contribution in [-0.2, 0) is 6.54 Å². The minimum absolute atomic E-state index is 0.202. The van der Waals surface area contributed by atoms with Crippen molar-refractivity contribution in [2.75, 3.05) is 18.9 Å². The lowest BCUT2D eigenvalue weighted by atomic mass is 9.99. The predicted octanol–water partition coefficient (Wildman–Crippen LogP) is 1.98. The van der Waals surface area contributed by atoms with E-state index in [2.05, 4.69) is 35.9 Å². The molecule has 2 unspecified atom stereocenters. The number of nitrogens with one attached hydrogen (secondary N) is 1. The lowest BCUT2D eigenvalue weighted by molar-refractivity contribution is 0.190. The Morgan fingerprint density at radius 3 is 3.05 bits per heavy atom. The fourth-order valence-corrected chi connectivity index (χ4v) is 2.66. The van der Waals surface area contributed by atoms with Gasteiger partial charge in [0, 0.05) is 18.6 Å². The van der Waals surface area contributed by atoms with Crippen molar-refractivity contribution >= 4 is 17.3 Å². The summed E-state index contributed by atoms with van der Waals surface area (Å²) >= 11 is 6.14. The van der Waals surface area contributed by atoms with E-state index in [4.69, 9.17) is 11.6 Å². The number of allylic oxidation sites excluding steroid dienone is 1. The van der Waals surface area contributed by atoms with Crippen molar-refractivity contribution in [3.8, 4) is 0 Å². The normalized spacial score (nSPS) is 23.6. The Kier molecular flexibility index (Phi) is 4.83. The van der Waals surface area contributed by atoms with E-state index in [1.54, 1.807) is 12.3 Å². The number of hydrogen-bond acceptors (Lipinski definition) is 4. The molecule has 0 amide bonds. The molecule has 1 fully saturated rings. The predicted molar refractivity (Wildman–Crippen MR) is 82.4 cm³/mol. The van der Waals surface area contributed by atoms with Gasteiger partial charge in [-0.05, 0) is 26.8 Å². The molecule has 0 saturated carbocycles. The summed E-state index contributed by atoms with van der Waals surface area (Å²) in [5, 5.41) is 7.66. The average molecular weight is 297 g/mol. The van der Waals surface area contributed by atoms with Crippen molar-refractivity contribution < 1.29 is 0 Å². The van der Waals surface area contributed by atoms with E-state index in [1.807, 2.05) is 0 Å². The summed E-state index contributed by atoms with van der Waals surface area (Å²) in [6.45, 7) is 7.20. The van der Waals surface area contributed by atoms with Crippen LogP contribution in [0.15, 0.2) is 23.6 Å². The van der Waals surface area contributed by atoms with Crippen molar-refractivity contribution in [1.82, 2.24) is 14.7 Å². The SMILES string of the molecule is C=CCn1ncc(NC2CCN(C)C(C)C2)c(Cl)c1=O. The minimum atomic E-state index is -0.280. The van der Waals surface area contributed by atoms with Gasteiger partial charge in [-0.1, -0.05) is 17.7 Å². The van der Waals surface area contributed by atoms with Gasteiger partial charge in [-0.3, -0.25) is 4.79 Å². The van der Waals surface area contributed by atoms with Gasteiger partial charge in [0.25, 0.3) is 5.56 Å². The fourth-order valence-electron chi connectivity index (χ4n) is 2.46. The highest BCUT2D eigenvalue weighted by Crippen LogP contribution is 2.22. The molecule has 110 valence electrons. The van der Waals surface area contributed by atoms with Crippen molar-refractivity contribution in [1.29, 1.82) is 0 Å². The van der Waals surface area contributed by atoms with Crippen molar-refractivity contribution in [3.63, 3.8) is 0 Å². The summed E-state index contributed by atoms with van der Waals surface area (Å²) in [6.07, 6.45) is 5.31. The number of halogens is 1. The number of anilines is 1. The van der Waals surface area contributed by atoms with Crippen LogP contribution in [0.2, 0.25) is 5.02 Å². The van der Waals surface area contributed by atoms with Crippen molar-refractivity contribution in [2.24, 2.45) is 0 Å². The first-order valence-electron chi connectivity index (χ1n) is 6.86. The third-order valence-corrected chi connectivity index (χ3v) is 4.22. The number of rotatable bonds is 4. The molecule has 1 aromatic rings. The maximum atomic E-state index is 12.0. The molecule has 0 aromatic carbocycles.